The molecule has 230 valence electrons. The Bertz CT molecular complexity index is 1800. The van der Waals surface area contributed by atoms with Gasteiger partial charge in [-0.25, -0.2) is 8.42 Å². The summed E-state index contributed by atoms with van der Waals surface area (Å²) in [7, 11) is -4.72. The van der Waals surface area contributed by atoms with E-state index in [2.05, 4.69) is 71.9 Å². The highest BCUT2D eigenvalue weighted by Gasteiger charge is 2.21. The second-order valence-corrected chi connectivity index (χ2v) is 12.4. The molecule has 0 amide bonds. The van der Waals surface area contributed by atoms with Crippen LogP contribution in [0.25, 0.3) is 5.57 Å². The molecular formula is C39H40N2O3S. The minimum absolute atomic E-state index is 0.226. The van der Waals surface area contributed by atoms with Crippen molar-refractivity contribution in [2.45, 2.75) is 44.4 Å². The molecule has 0 fully saturated rings. The van der Waals surface area contributed by atoms with E-state index in [4.69, 9.17) is 0 Å². The average molecular weight is 617 g/mol. The summed E-state index contributed by atoms with van der Waals surface area (Å²) < 4.78 is 39.6. The van der Waals surface area contributed by atoms with Crippen LogP contribution in [0.4, 0.5) is 17.1 Å². The number of para-hydroxylation sites is 2. The van der Waals surface area contributed by atoms with Gasteiger partial charge >= 0.3 is 0 Å². The van der Waals surface area contributed by atoms with Gasteiger partial charge in [0.05, 0.1) is 4.90 Å². The van der Waals surface area contributed by atoms with Gasteiger partial charge in [-0.1, -0.05) is 93.4 Å². The predicted octanol–water partition coefficient (Wildman–Crippen LogP) is 9.04. The standard InChI is InChI=1S/C39H40N2O3S/c1-3-5-29-40(33-15-9-7-10-16-33)35-25-21-31(22-26-35)39(37-19-13-14-20-38(37)45(42,43)44)32-23-27-36(28-24-32)41(30-6-4-2)34-17-11-8-12-18-34/h7-28H,3-6,29-30H2,1-2H3. The summed E-state index contributed by atoms with van der Waals surface area (Å²) in [4.78, 5) is 2.07. The Balaban J connectivity index is 1.63. The highest BCUT2D eigenvalue weighted by Crippen LogP contribution is 2.35. The van der Waals surface area contributed by atoms with Gasteiger partial charge in [-0.05, 0) is 65.6 Å². The van der Waals surface area contributed by atoms with Crippen molar-refractivity contribution in [2.75, 3.05) is 18.0 Å². The van der Waals surface area contributed by atoms with Crippen molar-refractivity contribution in [2.24, 2.45) is 0 Å². The zero-order valence-corrected chi connectivity index (χ0v) is 26.8. The van der Waals surface area contributed by atoms with Gasteiger partial charge in [0.25, 0.3) is 0 Å². The number of benzene rings is 4. The summed E-state index contributed by atoms with van der Waals surface area (Å²) in [5.74, 6) is 0. The molecule has 0 spiro atoms. The third-order valence-electron chi connectivity index (χ3n) is 7.97. The van der Waals surface area contributed by atoms with Crippen molar-refractivity contribution in [3.8, 4) is 0 Å². The summed E-state index contributed by atoms with van der Waals surface area (Å²) in [5.41, 5.74) is 7.08. The van der Waals surface area contributed by atoms with Crippen LogP contribution in [0.1, 0.15) is 50.7 Å². The van der Waals surface area contributed by atoms with Gasteiger partial charge < -0.3 is 9.45 Å². The molecule has 0 aromatic heterocycles. The van der Waals surface area contributed by atoms with Gasteiger partial charge in [-0.3, -0.25) is 0 Å². The summed E-state index contributed by atoms with van der Waals surface area (Å²) in [6.45, 7) is 6.13. The Morgan fingerprint density at radius 3 is 1.89 bits per heavy atom. The normalized spacial score (nSPS) is 12.8. The lowest BCUT2D eigenvalue weighted by Gasteiger charge is -2.25. The van der Waals surface area contributed by atoms with Crippen LogP contribution in [0.3, 0.4) is 0 Å². The van der Waals surface area contributed by atoms with Crippen molar-refractivity contribution in [1.82, 2.24) is 0 Å². The molecule has 0 unspecified atom stereocenters. The molecule has 6 heteroatoms. The molecular weight excluding hydrogens is 577 g/mol. The van der Waals surface area contributed by atoms with Gasteiger partial charge in [-0.2, -0.15) is 4.58 Å². The first-order valence-electron chi connectivity index (χ1n) is 15.7. The lowest BCUT2D eigenvalue weighted by Crippen LogP contribution is -2.18. The van der Waals surface area contributed by atoms with Crippen LogP contribution >= 0.6 is 0 Å². The lowest BCUT2D eigenvalue weighted by atomic mass is 9.90. The van der Waals surface area contributed by atoms with Gasteiger partial charge in [0.2, 0.25) is 11.4 Å². The fraction of sp³-hybridized carbons (Fsp3) is 0.205. The quantitative estimate of drug-likeness (QED) is 0.118. The second-order valence-electron chi connectivity index (χ2n) is 11.1. The molecule has 0 bridgehead atoms. The Morgan fingerprint density at radius 1 is 0.689 bits per heavy atom. The summed E-state index contributed by atoms with van der Waals surface area (Å²) in [6, 6.07) is 35.3. The smallest absolute Gasteiger partial charge is 0.205 e. The zero-order valence-electron chi connectivity index (χ0n) is 26.0. The van der Waals surface area contributed by atoms with E-state index in [9.17, 15) is 13.0 Å². The SMILES string of the molecule is CCCCN(c1ccccc1)c1ccc(C(=C2C=CC(=[N+](CCCC)c3ccccc3)C=C2)c2ccccc2S(=O)(=O)[O-])cc1. The molecule has 0 N–H and O–H groups in total. The third-order valence-corrected chi connectivity index (χ3v) is 8.86. The number of unbranched alkanes of at least 4 members (excludes halogenated alkanes) is 2. The fourth-order valence-electron chi connectivity index (χ4n) is 5.65. The van der Waals surface area contributed by atoms with Crippen LogP contribution < -0.4 is 4.90 Å². The van der Waals surface area contributed by atoms with Gasteiger partial charge in [0, 0.05) is 54.2 Å². The monoisotopic (exact) mass is 616 g/mol. The minimum Gasteiger partial charge on any atom is -0.744 e. The summed E-state index contributed by atoms with van der Waals surface area (Å²) in [5, 5.41) is 0. The Labute approximate surface area is 267 Å². The number of anilines is 2. The third kappa shape index (κ3) is 7.77. The molecule has 0 atom stereocenters. The average Bonchev–Trinajstić information content (AvgIpc) is 3.07. The van der Waals surface area contributed by atoms with Crippen LogP contribution in [0.5, 0.6) is 0 Å². The molecule has 5 rings (SSSR count). The highest BCUT2D eigenvalue weighted by atomic mass is 32.2. The largest absolute Gasteiger partial charge is 0.744 e. The van der Waals surface area contributed by atoms with Crippen molar-refractivity contribution in [3.05, 3.63) is 150 Å². The highest BCUT2D eigenvalue weighted by molar-refractivity contribution is 7.85. The van der Waals surface area contributed by atoms with Crippen LogP contribution in [0, 0.1) is 0 Å². The maximum absolute atomic E-state index is 12.4. The zero-order chi connectivity index (χ0) is 31.6. The number of hydrogen-bond donors (Lipinski definition) is 0. The maximum Gasteiger partial charge on any atom is 0.205 e. The van der Waals surface area contributed by atoms with Crippen molar-refractivity contribution in [3.63, 3.8) is 0 Å². The Kier molecular flexibility index (Phi) is 10.6. The van der Waals surface area contributed by atoms with E-state index in [1.165, 1.54) is 6.07 Å². The number of rotatable bonds is 12. The molecule has 5 nitrogen and oxygen atoms in total. The molecule has 4 aromatic carbocycles. The topological polar surface area (TPSA) is 63.5 Å². The molecule has 4 aromatic rings. The fourth-order valence-corrected chi connectivity index (χ4v) is 6.33. The van der Waals surface area contributed by atoms with E-state index in [1.807, 2.05) is 60.7 Å². The van der Waals surface area contributed by atoms with E-state index in [1.54, 1.807) is 18.2 Å². The van der Waals surface area contributed by atoms with E-state index >= 15 is 0 Å². The predicted molar refractivity (Wildman–Crippen MR) is 185 cm³/mol. The second kappa shape index (κ2) is 15.0. The number of hydrogen-bond acceptors (Lipinski definition) is 4. The Hall–Kier alpha value is -4.52. The summed E-state index contributed by atoms with van der Waals surface area (Å²) in [6.07, 6.45) is 12.4. The Morgan fingerprint density at radius 2 is 1.27 bits per heavy atom. The summed E-state index contributed by atoms with van der Waals surface area (Å²) >= 11 is 0. The maximum atomic E-state index is 12.4. The van der Waals surface area contributed by atoms with Crippen LogP contribution in [0.15, 0.2) is 144 Å². The van der Waals surface area contributed by atoms with E-state index in [0.29, 0.717) is 11.1 Å². The van der Waals surface area contributed by atoms with E-state index in [-0.39, 0.29) is 4.90 Å². The first-order valence-corrected chi connectivity index (χ1v) is 17.1. The molecule has 45 heavy (non-hydrogen) atoms. The molecule has 0 saturated carbocycles. The molecule has 1 aliphatic rings. The molecule has 1 aliphatic carbocycles. The van der Waals surface area contributed by atoms with Gasteiger partial charge in [0.15, 0.2) is 0 Å². The number of allylic oxidation sites excluding steroid dienone is 5. The first-order chi connectivity index (χ1) is 21.9. The van der Waals surface area contributed by atoms with E-state index in [0.717, 1.165) is 72.7 Å². The lowest BCUT2D eigenvalue weighted by molar-refractivity contribution is -0.439. The molecule has 0 radical (unpaired) electrons. The van der Waals surface area contributed by atoms with Crippen LogP contribution in [0.2, 0.25) is 0 Å². The first kappa shape index (κ1) is 31.9. The van der Waals surface area contributed by atoms with Crippen molar-refractivity contribution < 1.29 is 17.5 Å². The number of nitrogens with zero attached hydrogens (tertiary/aromatic N) is 2. The van der Waals surface area contributed by atoms with E-state index < -0.39 is 10.1 Å². The van der Waals surface area contributed by atoms with Crippen LogP contribution in [-0.4, -0.2) is 36.3 Å². The van der Waals surface area contributed by atoms with Gasteiger partial charge in [-0.15, -0.1) is 0 Å². The molecule has 0 heterocycles. The molecule has 0 saturated heterocycles. The minimum atomic E-state index is -4.72. The van der Waals surface area contributed by atoms with Crippen molar-refractivity contribution >= 4 is 38.5 Å². The molecule has 0 aliphatic heterocycles. The van der Waals surface area contributed by atoms with Crippen molar-refractivity contribution in [1.29, 1.82) is 0 Å². The van der Waals surface area contributed by atoms with Gasteiger partial charge in [0.1, 0.15) is 16.7 Å². The van der Waals surface area contributed by atoms with Crippen LogP contribution in [-0.2, 0) is 10.1 Å².